The number of ether oxygens (including phenoxy) is 1. The third-order valence-electron chi connectivity index (χ3n) is 2.55. The first kappa shape index (κ1) is 10.0. The van der Waals surface area contributed by atoms with Gasteiger partial charge in [-0.3, -0.25) is 0 Å². The first-order valence-corrected chi connectivity index (χ1v) is 4.51. The number of carbonyl (C=O) groups excluding carboxylic acids is 1. The Morgan fingerprint density at radius 2 is 1.85 bits per heavy atom. The smallest absolute Gasteiger partial charge is 0.334 e. The lowest BCUT2D eigenvalue weighted by molar-refractivity contribution is -0.139. The van der Waals surface area contributed by atoms with Crippen LogP contribution in [0.3, 0.4) is 0 Å². The molecule has 0 fully saturated rings. The molecule has 1 unspecified atom stereocenters. The first-order valence-electron chi connectivity index (χ1n) is 4.51. The molecule has 0 radical (unpaired) electrons. The van der Waals surface area contributed by atoms with Crippen LogP contribution in [0.5, 0.6) is 0 Å². The van der Waals surface area contributed by atoms with Crippen molar-refractivity contribution >= 4 is 5.97 Å². The fraction of sp³-hybridized carbons (Fsp3) is 0.545. The molecule has 0 aromatic rings. The standard InChI is InChI=1S/C11H16O2/c1-6(2)7(3)10-8(4)11(12)13-9(10)5/h9H,1-5H3. The van der Waals surface area contributed by atoms with E-state index < -0.39 is 0 Å². The molecule has 2 heteroatoms. The highest BCUT2D eigenvalue weighted by Gasteiger charge is 2.28. The number of allylic oxidation sites excluding steroid dienone is 1. The minimum absolute atomic E-state index is 0.0811. The van der Waals surface area contributed by atoms with E-state index in [4.69, 9.17) is 4.74 Å². The largest absolute Gasteiger partial charge is 0.454 e. The molecule has 0 aromatic heterocycles. The summed E-state index contributed by atoms with van der Waals surface area (Å²) in [4.78, 5) is 11.2. The van der Waals surface area contributed by atoms with Gasteiger partial charge in [-0.05, 0) is 40.2 Å². The van der Waals surface area contributed by atoms with Gasteiger partial charge in [0.15, 0.2) is 0 Å². The van der Waals surface area contributed by atoms with Gasteiger partial charge in [0.25, 0.3) is 0 Å². The monoisotopic (exact) mass is 180 g/mol. The first-order chi connectivity index (χ1) is 5.95. The van der Waals surface area contributed by atoms with Crippen LogP contribution in [-0.4, -0.2) is 12.1 Å². The molecule has 0 saturated carbocycles. The number of hydrogen-bond donors (Lipinski definition) is 0. The fourth-order valence-corrected chi connectivity index (χ4v) is 1.58. The molecule has 0 amide bonds. The SMILES string of the molecule is CC(C)=C(C)C1=C(C)C(=O)OC1C. The molecule has 13 heavy (non-hydrogen) atoms. The zero-order chi connectivity index (χ0) is 10.2. The van der Waals surface area contributed by atoms with Gasteiger partial charge in [-0.15, -0.1) is 0 Å². The van der Waals surface area contributed by atoms with Gasteiger partial charge in [0.2, 0.25) is 0 Å². The molecule has 72 valence electrons. The second-order valence-electron chi connectivity index (χ2n) is 3.71. The predicted molar refractivity (Wildman–Crippen MR) is 52.3 cm³/mol. The van der Waals surface area contributed by atoms with Gasteiger partial charge in [-0.1, -0.05) is 5.57 Å². The summed E-state index contributed by atoms with van der Waals surface area (Å²) >= 11 is 0. The molecule has 1 atom stereocenters. The lowest BCUT2D eigenvalue weighted by Gasteiger charge is -2.10. The lowest BCUT2D eigenvalue weighted by Crippen LogP contribution is -2.07. The summed E-state index contributed by atoms with van der Waals surface area (Å²) in [6, 6.07) is 0. The minimum atomic E-state index is -0.178. The second-order valence-corrected chi connectivity index (χ2v) is 3.71. The maximum absolute atomic E-state index is 11.2. The van der Waals surface area contributed by atoms with Crippen LogP contribution >= 0.6 is 0 Å². The van der Waals surface area contributed by atoms with Crippen LogP contribution < -0.4 is 0 Å². The molecule has 1 rings (SSSR count). The van der Waals surface area contributed by atoms with E-state index in [9.17, 15) is 4.79 Å². The molecule has 0 aromatic carbocycles. The third-order valence-corrected chi connectivity index (χ3v) is 2.55. The van der Waals surface area contributed by atoms with E-state index in [0.717, 1.165) is 11.1 Å². The molecule has 0 aliphatic carbocycles. The Labute approximate surface area is 79.3 Å². The van der Waals surface area contributed by atoms with E-state index in [2.05, 4.69) is 0 Å². The second kappa shape index (κ2) is 3.36. The van der Waals surface area contributed by atoms with Crippen LogP contribution in [0.2, 0.25) is 0 Å². The molecule has 0 N–H and O–H groups in total. The van der Waals surface area contributed by atoms with Crippen molar-refractivity contribution in [3.05, 3.63) is 22.3 Å². The summed E-state index contributed by atoms with van der Waals surface area (Å²) in [5.74, 6) is -0.178. The quantitative estimate of drug-likeness (QED) is 0.580. The fourth-order valence-electron chi connectivity index (χ4n) is 1.58. The topological polar surface area (TPSA) is 26.3 Å². The molecule has 0 bridgehead atoms. The highest BCUT2D eigenvalue weighted by molar-refractivity contribution is 5.92. The predicted octanol–water partition coefficient (Wildman–Crippen LogP) is 2.60. The summed E-state index contributed by atoms with van der Waals surface area (Å²) < 4.78 is 5.11. The number of carbonyl (C=O) groups is 1. The van der Waals surface area contributed by atoms with Crippen molar-refractivity contribution in [1.82, 2.24) is 0 Å². The van der Waals surface area contributed by atoms with Gasteiger partial charge in [0.05, 0.1) is 0 Å². The Kier molecular flexibility index (Phi) is 2.60. The number of esters is 1. The third kappa shape index (κ3) is 1.67. The summed E-state index contributed by atoms with van der Waals surface area (Å²) in [6.07, 6.45) is -0.0811. The summed E-state index contributed by atoms with van der Waals surface area (Å²) in [5.41, 5.74) is 4.23. The van der Waals surface area contributed by atoms with Crippen molar-refractivity contribution < 1.29 is 9.53 Å². The van der Waals surface area contributed by atoms with Crippen LogP contribution in [-0.2, 0) is 9.53 Å². The minimum Gasteiger partial charge on any atom is -0.454 e. The molecular formula is C11H16O2. The number of hydrogen-bond acceptors (Lipinski definition) is 2. The van der Waals surface area contributed by atoms with Crippen LogP contribution in [0.25, 0.3) is 0 Å². The Morgan fingerprint density at radius 1 is 1.31 bits per heavy atom. The molecular weight excluding hydrogens is 164 g/mol. The van der Waals surface area contributed by atoms with E-state index in [1.54, 1.807) is 0 Å². The lowest BCUT2D eigenvalue weighted by atomic mass is 9.96. The Bertz CT molecular complexity index is 304. The van der Waals surface area contributed by atoms with E-state index in [0.29, 0.717) is 0 Å². The highest BCUT2D eigenvalue weighted by atomic mass is 16.5. The van der Waals surface area contributed by atoms with Gasteiger partial charge < -0.3 is 4.74 Å². The van der Waals surface area contributed by atoms with Gasteiger partial charge in [-0.2, -0.15) is 0 Å². The zero-order valence-electron chi connectivity index (χ0n) is 8.89. The van der Waals surface area contributed by atoms with Crippen molar-refractivity contribution in [2.75, 3.05) is 0 Å². The van der Waals surface area contributed by atoms with Gasteiger partial charge in [-0.25, -0.2) is 4.79 Å². The Hall–Kier alpha value is -1.05. The van der Waals surface area contributed by atoms with Crippen LogP contribution in [0.15, 0.2) is 22.3 Å². The summed E-state index contributed by atoms with van der Waals surface area (Å²) in [6.45, 7) is 9.87. The van der Waals surface area contributed by atoms with E-state index in [-0.39, 0.29) is 12.1 Å². The van der Waals surface area contributed by atoms with Crippen molar-refractivity contribution in [1.29, 1.82) is 0 Å². The van der Waals surface area contributed by atoms with Gasteiger partial charge in [0, 0.05) is 11.1 Å². The van der Waals surface area contributed by atoms with Crippen molar-refractivity contribution in [3.63, 3.8) is 0 Å². The van der Waals surface area contributed by atoms with Crippen molar-refractivity contribution in [2.45, 2.75) is 40.7 Å². The molecule has 1 heterocycles. The van der Waals surface area contributed by atoms with Crippen LogP contribution in [0.4, 0.5) is 0 Å². The number of rotatable bonds is 1. The molecule has 0 saturated heterocycles. The van der Waals surface area contributed by atoms with Gasteiger partial charge >= 0.3 is 5.97 Å². The zero-order valence-corrected chi connectivity index (χ0v) is 8.89. The van der Waals surface area contributed by atoms with E-state index in [1.807, 2.05) is 34.6 Å². The van der Waals surface area contributed by atoms with Gasteiger partial charge in [0.1, 0.15) is 6.10 Å². The van der Waals surface area contributed by atoms with Crippen molar-refractivity contribution in [2.24, 2.45) is 0 Å². The van der Waals surface area contributed by atoms with Crippen LogP contribution in [0.1, 0.15) is 34.6 Å². The maximum atomic E-state index is 11.2. The highest BCUT2D eigenvalue weighted by Crippen LogP contribution is 2.29. The molecule has 2 nitrogen and oxygen atoms in total. The molecule has 1 aliphatic rings. The van der Waals surface area contributed by atoms with Crippen LogP contribution in [0, 0.1) is 0 Å². The van der Waals surface area contributed by atoms with Crippen molar-refractivity contribution in [3.8, 4) is 0 Å². The average Bonchev–Trinajstić information content (AvgIpc) is 2.26. The van der Waals surface area contributed by atoms with E-state index >= 15 is 0 Å². The number of cyclic esters (lactones) is 1. The summed E-state index contributed by atoms with van der Waals surface area (Å²) in [5, 5.41) is 0. The average molecular weight is 180 g/mol. The maximum Gasteiger partial charge on any atom is 0.334 e. The Morgan fingerprint density at radius 3 is 2.15 bits per heavy atom. The van der Waals surface area contributed by atoms with E-state index in [1.165, 1.54) is 11.1 Å². The molecule has 0 spiro atoms. The normalized spacial score (nSPS) is 21.9. The molecule has 1 aliphatic heterocycles. The summed E-state index contributed by atoms with van der Waals surface area (Å²) in [7, 11) is 0. The Balaban J connectivity index is 3.17.